The molecule has 7 rings (SSSR count). The van der Waals surface area contributed by atoms with Gasteiger partial charge < -0.3 is 14.4 Å². The van der Waals surface area contributed by atoms with Gasteiger partial charge in [0.2, 0.25) is 0 Å². The zero-order valence-electron chi connectivity index (χ0n) is 20.3. The molecule has 0 amide bonds. The van der Waals surface area contributed by atoms with Gasteiger partial charge in [-0.3, -0.25) is 0 Å². The molecule has 3 nitrogen and oxygen atoms in total. The van der Waals surface area contributed by atoms with Crippen LogP contribution in [-0.4, -0.2) is 9.97 Å². The predicted molar refractivity (Wildman–Crippen MR) is 149 cm³/mol. The van der Waals surface area contributed by atoms with Crippen molar-refractivity contribution in [2.75, 3.05) is 0 Å². The Morgan fingerprint density at radius 1 is 0.703 bits per heavy atom. The largest absolute Gasteiger partial charge is 0.500 e. The van der Waals surface area contributed by atoms with E-state index in [1.807, 2.05) is 78.1 Å². The second-order valence-electron chi connectivity index (χ2n) is 8.50. The molecule has 0 atom stereocenters. The monoisotopic (exact) mass is 675 g/mol. The molecule has 0 fully saturated rings. The van der Waals surface area contributed by atoms with Gasteiger partial charge in [0, 0.05) is 52.8 Å². The summed E-state index contributed by atoms with van der Waals surface area (Å²) in [6.45, 7) is 4.34. The topological polar surface area (TPSA) is 38.9 Å². The Balaban J connectivity index is 0.000000183. The quantitative estimate of drug-likeness (QED) is 0.172. The number of hydrogen-bond acceptors (Lipinski definition) is 4. The number of fused-ring (bicyclic) bond motifs is 5. The summed E-state index contributed by atoms with van der Waals surface area (Å²) in [4.78, 5) is 10.0. The van der Waals surface area contributed by atoms with E-state index >= 15 is 0 Å². The molecule has 0 saturated heterocycles. The maximum atomic E-state index is 6.38. The van der Waals surface area contributed by atoms with E-state index in [2.05, 4.69) is 54.1 Å². The van der Waals surface area contributed by atoms with Crippen LogP contribution in [0.3, 0.4) is 0 Å². The first-order valence-corrected chi connectivity index (χ1v) is 12.6. The Morgan fingerprint density at radius 3 is 2.14 bits per heavy atom. The van der Waals surface area contributed by atoms with Gasteiger partial charge in [0.25, 0.3) is 0 Å². The predicted octanol–water partition coefficient (Wildman–Crippen LogP) is 8.83. The second-order valence-corrected chi connectivity index (χ2v) is 9.76. The van der Waals surface area contributed by atoms with Gasteiger partial charge in [-0.2, -0.15) is 0 Å². The van der Waals surface area contributed by atoms with Crippen molar-refractivity contribution in [3.8, 4) is 22.5 Å². The van der Waals surface area contributed by atoms with Crippen molar-refractivity contribution < 1.29 is 24.5 Å². The molecule has 4 heterocycles. The van der Waals surface area contributed by atoms with Gasteiger partial charge >= 0.3 is 0 Å². The van der Waals surface area contributed by atoms with Gasteiger partial charge in [0.1, 0.15) is 5.58 Å². The molecule has 0 aliphatic heterocycles. The summed E-state index contributed by atoms with van der Waals surface area (Å²) < 4.78 is 7.66. The Hall–Kier alpha value is -3.63. The van der Waals surface area contributed by atoms with Crippen molar-refractivity contribution >= 4 is 43.4 Å². The number of pyridine rings is 2. The Morgan fingerprint density at radius 2 is 1.43 bits per heavy atom. The number of aryl methyl sites for hydroxylation is 2. The molecular weight excluding hydrogens is 653 g/mol. The first-order chi connectivity index (χ1) is 17.7. The molecule has 7 aromatic rings. The van der Waals surface area contributed by atoms with Crippen LogP contribution in [0.4, 0.5) is 0 Å². The normalized spacial score (nSPS) is 10.8. The SMILES string of the molecule is Cc1sc2ccc3c4cc[c-]c(-c5ccccn5)c4oc3c2c1C.[Ir].[c-]1ccccc1-c1ccccn1. The average Bonchev–Trinajstić information content (AvgIpc) is 3.47. The van der Waals surface area contributed by atoms with E-state index in [0.717, 1.165) is 44.5 Å². The molecule has 0 spiro atoms. The van der Waals surface area contributed by atoms with Gasteiger partial charge in [-0.05, 0) is 49.0 Å². The molecule has 1 radical (unpaired) electrons. The van der Waals surface area contributed by atoms with Crippen molar-refractivity contribution in [2.45, 2.75) is 13.8 Å². The number of nitrogens with zero attached hydrogens (tertiary/aromatic N) is 2. The molecule has 3 aromatic carbocycles. The van der Waals surface area contributed by atoms with Gasteiger partial charge in [0.05, 0.1) is 5.58 Å². The van der Waals surface area contributed by atoms with Crippen LogP contribution in [0.5, 0.6) is 0 Å². The Labute approximate surface area is 233 Å². The first-order valence-electron chi connectivity index (χ1n) is 11.8. The van der Waals surface area contributed by atoms with Gasteiger partial charge in [-0.25, -0.2) is 0 Å². The smallest absolute Gasteiger partial charge is 0.129 e. The van der Waals surface area contributed by atoms with Crippen molar-refractivity contribution in [3.05, 3.63) is 120 Å². The zero-order valence-corrected chi connectivity index (χ0v) is 23.5. The molecule has 0 N–H and O–H groups in total. The van der Waals surface area contributed by atoms with E-state index in [1.165, 1.54) is 20.5 Å². The fourth-order valence-corrected chi connectivity index (χ4v) is 5.49. The minimum atomic E-state index is 0. The van der Waals surface area contributed by atoms with Crippen molar-refractivity contribution in [3.63, 3.8) is 0 Å². The fraction of sp³-hybridized carbons (Fsp3) is 0.0625. The van der Waals surface area contributed by atoms with Crippen LogP contribution in [0.15, 0.2) is 102 Å². The maximum absolute atomic E-state index is 6.38. The van der Waals surface area contributed by atoms with E-state index in [1.54, 1.807) is 12.4 Å². The van der Waals surface area contributed by atoms with Crippen LogP contribution in [0.25, 0.3) is 54.5 Å². The molecule has 0 bridgehead atoms. The molecule has 0 aliphatic carbocycles. The zero-order chi connectivity index (χ0) is 24.5. The van der Waals surface area contributed by atoms with Crippen LogP contribution >= 0.6 is 11.3 Å². The molecule has 5 heteroatoms. The molecular formula is C32H22IrN2OS-2. The maximum Gasteiger partial charge on any atom is 0.129 e. The van der Waals surface area contributed by atoms with Crippen LogP contribution in [0, 0.1) is 26.0 Å². The van der Waals surface area contributed by atoms with Crippen molar-refractivity contribution in [1.29, 1.82) is 0 Å². The van der Waals surface area contributed by atoms with Crippen LogP contribution in [0.1, 0.15) is 10.4 Å². The summed E-state index contributed by atoms with van der Waals surface area (Å²) in [6, 6.07) is 34.4. The number of aromatic nitrogens is 2. The second kappa shape index (κ2) is 10.8. The van der Waals surface area contributed by atoms with Crippen LogP contribution in [0.2, 0.25) is 0 Å². The van der Waals surface area contributed by atoms with E-state index in [4.69, 9.17) is 4.42 Å². The minimum Gasteiger partial charge on any atom is -0.500 e. The summed E-state index contributed by atoms with van der Waals surface area (Å²) in [6.07, 6.45) is 3.59. The fourth-order valence-electron chi connectivity index (χ4n) is 4.42. The standard InChI is InChI=1S/C21H14NOS.C11H8N.Ir/c1-12-13(2)24-18-10-9-15-14-6-5-7-16(17-8-3-4-11-22-17)20(14)23-21(15)19(12)18;1-2-6-10(7-3-1)11-8-4-5-9-12-11;/h3-6,8-11H,1-2H3;1-6,8-9H;/q2*-1;. The molecule has 0 saturated carbocycles. The molecule has 0 aliphatic rings. The van der Waals surface area contributed by atoms with Gasteiger partial charge in [-0.15, -0.1) is 65.4 Å². The number of thiophene rings is 1. The van der Waals surface area contributed by atoms with E-state index in [9.17, 15) is 0 Å². The Bertz CT molecular complexity index is 1760. The van der Waals surface area contributed by atoms with Crippen molar-refractivity contribution in [2.24, 2.45) is 0 Å². The van der Waals surface area contributed by atoms with E-state index < -0.39 is 0 Å². The number of hydrogen-bond donors (Lipinski definition) is 0. The summed E-state index contributed by atoms with van der Waals surface area (Å²) in [5.41, 5.74) is 6.96. The number of benzene rings is 3. The molecule has 4 aromatic heterocycles. The first kappa shape index (κ1) is 25.0. The van der Waals surface area contributed by atoms with Crippen LogP contribution in [-0.2, 0) is 20.1 Å². The van der Waals surface area contributed by atoms with Gasteiger partial charge in [0.15, 0.2) is 0 Å². The third kappa shape index (κ3) is 4.74. The Kier molecular flexibility index (Phi) is 7.29. The number of furan rings is 1. The van der Waals surface area contributed by atoms with E-state index in [-0.39, 0.29) is 20.1 Å². The molecule has 37 heavy (non-hydrogen) atoms. The van der Waals surface area contributed by atoms with E-state index in [0.29, 0.717) is 0 Å². The molecule has 183 valence electrons. The van der Waals surface area contributed by atoms with Gasteiger partial charge in [-0.1, -0.05) is 41.3 Å². The minimum absolute atomic E-state index is 0. The summed E-state index contributed by atoms with van der Waals surface area (Å²) in [5, 5.41) is 3.51. The summed E-state index contributed by atoms with van der Waals surface area (Å²) in [7, 11) is 0. The van der Waals surface area contributed by atoms with Crippen LogP contribution < -0.4 is 0 Å². The summed E-state index contributed by atoms with van der Waals surface area (Å²) >= 11 is 1.82. The third-order valence-corrected chi connectivity index (χ3v) is 7.47. The molecule has 0 unspecified atom stereocenters. The average molecular weight is 675 g/mol. The summed E-state index contributed by atoms with van der Waals surface area (Å²) in [5.74, 6) is 0. The third-order valence-electron chi connectivity index (χ3n) is 6.30. The number of rotatable bonds is 2. The van der Waals surface area contributed by atoms with Crippen molar-refractivity contribution in [1.82, 2.24) is 9.97 Å².